The van der Waals surface area contributed by atoms with Gasteiger partial charge in [0, 0.05) is 28.7 Å². The second-order valence-electron chi connectivity index (χ2n) is 10.5. The third kappa shape index (κ3) is 4.72. The molecule has 1 atom stereocenters. The predicted molar refractivity (Wildman–Crippen MR) is 143 cm³/mol. The number of carbonyl (C=O) groups excluding carboxylic acids is 2. The molecule has 3 aromatic carbocycles. The lowest BCUT2D eigenvalue weighted by atomic mass is 9.87. The Labute approximate surface area is 204 Å². The maximum absolute atomic E-state index is 13.7. The molecule has 0 heterocycles. The first-order chi connectivity index (χ1) is 15.7. The van der Waals surface area contributed by atoms with Crippen molar-refractivity contribution in [1.82, 2.24) is 0 Å². The molecule has 34 heavy (non-hydrogen) atoms. The lowest BCUT2D eigenvalue weighted by Crippen LogP contribution is -2.17. The van der Waals surface area contributed by atoms with Gasteiger partial charge in [-0.1, -0.05) is 63.2 Å². The summed E-state index contributed by atoms with van der Waals surface area (Å²) >= 11 is 0. The average Bonchev–Trinajstić information content (AvgIpc) is 2.76. The first-order valence-corrected chi connectivity index (χ1v) is 13.8. The van der Waals surface area contributed by atoms with Crippen LogP contribution in [-0.2, 0) is 9.98 Å². The van der Waals surface area contributed by atoms with Crippen molar-refractivity contribution in [3.63, 3.8) is 0 Å². The highest BCUT2D eigenvalue weighted by molar-refractivity contribution is 7.87. The van der Waals surface area contributed by atoms with Gasteiger partial charge < -0.3 is 4.57 Å². The molecular formula is C30H35O3P. The van der Waals surface area contributed by atoms with Crippen molar-refractivity contribution in [2.45, 2.75) is 60.8 Å². The normalized spacial score (nSPS) is 13.4. The largest absolute Gasteiger partial charge is 0.310 e. The monoisotopic (exact) mass is 474 g/mol. The first-order valence-electron chi connectivity index (χ1n) is 11.6. The molecule has 0 fully saturated rings. The van der Waals surface area contributed by atoms with E-state index < -0.39 is 7.14 Å². The Bertz CT molecular complexity index is 1340. The van der Waals surface area contributed by atoms with Crippen molar-refractivity contribution in [2.24, 2.45) is 0 Å². The van der Waals surface area contributed by atoms with Crippen molar-refractivity contribution in [3.8, 4) is 0 Å². The van der Waals surface area contributed by atoms with Crippen LogP contribution in [0.15, 0.2) is 48.5 Å². The van der Waals surface area contributed by atoms with E-state index in [-0.39, 0.29) is 16.7 Å². The van der Waals surface area contributed by atoms with Gasteiger partial charge in [0.2, 0.25) is 5.52 Å². The summed E-state index contributed by atoms with van der Waals surface area (Å²) in [7, 11) is -3.36. The third-order valence-corrected chi connectivity index (χ3v) is 9.34. The second-order valence-corrected chi connectivity index (χ2v) is 13.3. The van der Waals surface area contributed by atoms with E-state index >= 15 is 0 Å². The predicted octanol–water partition coefficient (Wildman–Crippen LogP) is 7.22. The summed E-state index contributed by atoms with van der Waals surface area (Å²) in [6.07, 6.45) is 0. The van der Waals surface area contributed by atoms with Gasteiger partial charge in [-0.05, 0) is 79.5 Å². The fraction of sp³-hybridized carbons (Fsp3) is 0.333. The molecule has 178 valence electrons. The van der Waals surface area contributed by atoms with Gasteiger partial charge in [0.1, 0.15) is 0 Å². The Morgan fingerprint density at radius 3 is 1.79 bits per heavy atom. The van der Waals surface area contributed by atoms with E-state index in [1.807, 2.05) is 45.9 Å². The Hall–Kier alpha value is -2.77. The molecule has 0 saturated carbocycles. The molecule has 0 radical (unpaired) electrons. The van der Waals surface area contributed by atoms with Gasteiger partial charge in [-0.2, -0.15) is 0 Å². The van der Waals surface area contributed by atoms with Gasteiger partial charge in [0.25, 0.3) is 0 Å². The zero-order chi connectivity index (χ0) is 25.6. The highest BCUT2D eigenvalue weighted by Crippen LogP contribution is 2.45. The minimum absolute atomic E-state index is 0.0247. The minimum Gasteiger partial charge on any atom is -0.310 e. The van der Waals surface area contributed by atoms with Gasteiger partial charge in [-0.15, -0.1) is 0 Å². The van der Waals surface area contributed by atoms with Gasteiger partial charge in [0.05, 0.1) is 0 Å². The maximum atomic E-state index is 13.7. The smallest absolute Gasteiger partial charge is 0.225 e. The molecule has 0 aliphatic rings. The maximum Gasteiger partial charge on any atom is 0.225 e. The summed E-state index contributed by atoms with van der Waals surface area (Å²) in [6, 6.07) is 14.6. The van der Waals surface area contributed by atoms with E-state index in [2.05, 4.69) is 27.7 Å². The van der Waals surface area contributed by atoms with Gasteiger partial charge in [0.15, 0.2) is 12.9 Å². The summed E-state index contributed by atoms with van der Waals surface area (Å²) in [5.41, 5.74) is 7.33. The number of ketones is 1. The molecular weight excluding hydrogens is 439 g/mol. The highest BCUT2D eigenvalue weighted by Gasteiger charge is 2.31. The van der Waals surface area contributed by atoms with E-state index in [1.54, 1.807) is 30.3 Å². The second kappa shape index (κ2) is 9.12. The van der Waals surface area contributed by atoms with E-state index in [4.69, 9.17) is 0 Å². The molecule has 0 saturated heterocycles. The van der Waals surface area contributed by atoms with Gasteiger partial charge in [-0.25, -0.2) is 0 Å². The summed E-state index contributed by atoms with van der Waals surface area (Å²) in [4.78, 5) is 26.6. The van der Waals surface area contributed by atoms with Crippen molar-refractivity contribution in [1.29, 1.82) is 0 Å². The number of hydrogen-bond donors (Lipinski definition) is 0. The average molecular weight is 475 g/mol. The van der Waals surface area contributed by atoms with Crippen LogP contribution >= 0.6 is 7.14 Å². The Balaban J connectivity index is 1.97. The molecule has 0 aliphatic heterocycles. The summed E-state index contributed by atoms with van der Waals surface area (Å²) in [6.45, 7) is 17.7. The minimum atomic E-state index is -3.36. The van der Waals surface area contributed by atoms with Crippen LogP contribution in [0.3, 0.4) is 0 Å². The van der Waals surface area contributed by atoms with Gasteiger partial charge in [-0.3, -0.25) is 9.59 Å². The van der Waals surface area contributed by atoms with E-state index in [0.29, 0.717) is 27.6 Å². The number of rotatable bonds is 5. The molecule has 0 N–H and O–H groups in total. The summed E-state index contributed by atoms with van der Waals surface area (Å²) < 4.78 is 13.7. The zero-order valence-corrected chi connectivity index (χ0v) is 22.7. The molecule has 4 heteroatoms. The SMILES string of the molecule is Cc1cc(C(=O)c2c(C)cc(C)c(C)c2C)ccc1P(C)(=O)C(=O)c1ccc(C(C)(C)C)cc1. The Kier molecular flexibility index (Phi) is 6.93. The molecule has 0 aromatic heterocycles. The van der Waals surface area contributed by atoms with Crippen LogP contribution < -0.4 is 5.30 Å². The van der Waals surface area contributed by atoms with Gasteiger partial charge >= 0.3 is 0 Å². The van der Waals surface area contributed by atoms with Crippen LogP contribution in [0.2, 0.25) is 0 Å². The van der Waals surface area contributed by atoms with Crippen LogP contribution in [0.5, 0.6) is 0 Å². The van der Waals surface area contributed by atoms with Crippen LogP contribution in [0, 0.1) is 34.6 Å². The van der Waals surface area contributed by atoms with Crippen molar-refractivity contribution < 1.29 is 14.2 Å². The fourth-order valence-electron chi connectivity index (χ4n) is 4.52. The Morgan fingerprint density at radius 2 is 1.26 bits per heavy atom. The molecule has 0 spiro atoms. The topological polar surface area (TPSA) is 51.2 Å². The molecule has 3 rings (SSSR count). The number of aryl methyl sites for hydroxylation is 3. The van der Waals surface area contributed by atoms with Crippen molar-refractivity contribution >= 4 is 23.8 Å². The third-order valence-electron chi connectivity index (χ3n) is 6.89. The zero-order valence-electron chi connectivity index (χ0n) is 21.8. The summed E-state index contributed by atoms with van der Waals surface area (Å²) in [5.74, 6) is -0.0530. The highest BCUT2D eigenvalue weighted by atomic mass is 31.2. The number of benzene rings is 3. The summed E-state index contributed by atoms with van der Waals surface area (Å²) in [5, 5.41) is 0.502. The van der Waals surface area contributed by atoms with E-state index in [9.17, 15) is 14.2 Å². The first kappa shape index (κ1) is 25.8. The fourth-order valence-corrected chi connectivity index (χ4v) is 6.48. The molecule has 0 bridgehead atoms. The van der Waals surface area contributed by atoms with E-state index in [1.165, 1.54) is 12.2 Å². The number of hydrogen-bond acceptors (Lipinski definition) is 3. The standard InChI is InChI=1S/C30H35O3P/c1-18-16-20(3)27(22(5)21(18)4)28(31)24-12-15-26(19(2)17-24)34(9,33)29(32)23-10-13-25(14-11-23)30(6,7)8/h10-17H,1-9H3. The van der Waals surface area contributed by atoms with Crippen molar-refractivity contribution in [3.05, 3.63) is 98.6 Å². The van der Waals surface area contributed by atoms with Crippen LogP contribution in [0.4, 0.5) is 0 Å². The van der Waals surface area contributed by atoms with Crippen LogP contribution in [0.25, 0.3) is 0 Å². The lowest BCUT2D eigenvalue weighted by Gasteiger charge is -2.20. The molecule has 0 aliphatic carbocycles. The molecule has 3 aromatic rings. The lowest BCUT2D eigenvalue weighted by molar-refractivity contribution is 0.103. The van der Waals surface area contributed by atoms with E-state index in [0.717, 1.165) is 22.3 Å². The molecule has 3 nitrogen and oxygen atoms in total. The molecule has 0 amide bonds. The van der Waals surface area contributed by atoms with Crippen LogP contribution in [-0.4, -0.2) is 18.0 Å². The molecule has 1 unspecified atom stereocenters. The quantitative estimate of drug-likeness (QED) is 0.290. The van der Waals surface area contributed by atoms with Crippen molar-refractivity contribution in [2.75, 3.05) is 6.66 Å². The number of carbonyl (C=O) groups is 2. The Morgan fingerprint density at radius 1 is 0.706 bits per heavy atom. The van der Waals surface area contributed by atoms with Crippen LogP contribution in [0.1, 0.15) is 80.4 Å².